The van der Waals surface area contributed by atoms with E-state index in [1.54, 1.807) is 53.3 Å². The Morgan fingerprint density at radius 1 is 1.06 bits per heavy atom. The molecule has 0 aliphatic heterocycles. The van der Waals surface area contributed by atoms with Crippen molar-refractivity contribution in [1.82, 2.24) is 9.78 Å². The molecule has 7 nitrogen and oxygen atoms in total. The van der Waals surface area contributed by atoms with Crippen LogP contribution < -0.4 is 5.32 Å². The third-order valence-electron chi connectivity index (χ3n) is 4.40. The summed E-state index contributed by atoms with van der Waals surface area (Å²) in [5, 5.41) is 16.2. The third kappa shape index (κ3) is 5.32. The molecule has 1 atom stereocenters. The van der Waals surface area contributed by atoms with Gasteiger partial charge in [0, 0.05) is 21.9 Å². The summed E-state index contributed by atoms with van der Waals surface area (Å²) in [7, 11) is 0. The molecule has 0 spiro atoms. The zero-order valence-electron chi connectivity index (χ0n) is 17.4. The van der Waals surface area contributed by atoms with Crippen molar-refractivity contribution in [2.45, 2.75) is 42.7 Å². The number of hydrogen-bond donors (Lipinski definition) is 1. The number of benzene rings is 2. The maximum Gasteiger partial charge on any atom is 0.340 e. The van der Waals surface area contributed by atoms with Crippen LogP contribution in [0.25, 0.3) is 0 Å². The Morgan fingerprint density at radius 3 is 2.45 bits per heavy atom. The van der Waals surface area contributed by atoms with Gasteiger partial charge in [-0.2, -0.15) is 10.4 Å². The number of carbonyl (C=O) groups is 2. The summed E-state index contributed by atoms with van der Waals surface area (Å²) >= 11 is 1.30. The molecule has 0 bridgehead atoms. The highest BCUT2D eigenvalue weighted by Crippen LogP contribution is 2.33. The lowest BCUT2D eigenvalue weighted by Gasteiger charge is -2.16. The Labute approximate surface area is 185 Å². The summed E-state index contributed by atoms with van der Waals surface area (Å²) in [5.74, 6) is -0.528. The van der Waals surface area contributed by atoms with Crippen LogP contribution in [0.1, 0.15) is 42.7 Å². The summed E-state index contributed by atoms with van der Waals surface area (Å²) in [6.07, 6.45) is 0.589. The van der Waals surface area contributed by atoms with Crippen molar-refractivity contribution < 1.29 is 14.3 Å². The fourth-order valence-electron chi connectivity index (χ4n) is 2.82. The van der Waals surface area contributed by atoms with E-state index in [9.17, 15) is 14.9 Å². The van der Waals surface area contributed by atoms with E-state index >= 15 is 0 Å². The molecule has 0 saturated heterocycles. The van der Waals surface area contributed by atoms with E-state index in [1.807, 2.05) is 26.0 Å². The molecule has 8 heteroatoms. The smallest absolute Gasteiger partial charge is 0.340 e. The van der Waals surface area contributed by atoms with Gasteiger partial charge in [0.05, 0.1) is 17.3 Å². The summed E-state index contributed by atoms with van der Waals surface area (Å²) < 4.78 is 7.09. The second kappa shape index (κ2) is 9.96. The van der Waals surface area contributed by atoms with E-state index in [2.05, 4.69) is 16.5 Å². The first kappa shape index (κ1) is 22.1. The number of amides is 1. The first-order chi connectivity index (χ1) is 14.9. The van der Waals surface area contributed by atoms with Gasteiger partial charge in [0.1, 0.15) is 11.9 Å². The highest BCUT2D eigenvalue weighted by atomic mass is 32.2. The van der Waals surface area contributed by atoms with Crippen molar-refractivity contribution in [3.05, 3.63) is 71.9 Å². The maximum absolute atomic E-state index is 12.8. The highest BCUT2D eigenvalue weighted by Gasteiger charge is 2.22. The monoisotopic (exact) mass is 434 g/mol. The van der Waals surface area contributed by atoms with Crippen molar-refractivity contribution in [3.8, 4) is 6.07 Å². The first-order valence-corrected chi connectivity index (χ1v) is 10.5. The summed E-state index contributed by atoms with van der Waals surface area (Å²) in [6, 6.07) is 18.0. The minimum absolute atomic E-state index is 0.0725. The molecule has 1 N–H and O–H groups in total. The molecule has 0 radical (unpaired) electrons. The second-order valence-corrected chi connectivity index (χ2v) is 8.08. The minimum atomic E-state index is -1.01. The average molecular weight is 435 g/mol. The molecule has 1 amide bonds. The van der Waals surface area contributed by atoms with E-state index in [4.69, 9.17) is 4.74 Å². The van der Waals surface area contributed by atoms with Crippen LogP contribution in [0.5, 0.6) is 0 Å². The Bertz CT molecular complexity index is 1130. The first-order valence-electron chi connectivity index (χ1n) is 9.72. The largest absolute Gasteiger partial charge is 0.449 e. The van der Waals surface area contributed by atoms with E-state index < -0.39 is 18.0 Å². The van der Waals surface area contributed by atoms with Gasteiger partial charge < -0.3 is 10.1 Å². The number of carbonyl (C=O) groups excluding carboxylic acids is 2. The second-order valence-electron chi connectivity index (χ2n) is 7.00. The number of ether oxygens (including phenoxy) is 1. The van der Waals surface area contributed by atoms with Gasteiger partial charge in [-0.3, -0.25) is 4.79 Å². The molecule has 1 unspecified atom stereocenters. The van der Waals surface area contributed by atoms with Crippen molar-refractivity contribution in [3.63, 3.8) is 0 Å². The lowest BCUT2D eigenvalue weighted by molar-refractivity contribution is -0.123. The fourth-order valence-corrected chi connectivity index (χ4v) is 3.84. The number of nitriles is 1. The number of hydrogen-bond acceptors (Lipinski definition) is 6. The van der Waals surface area contributed by atoms with Crippen molar-refractivity contribution >= 4 is 29.5 Å². The van der Waals surface area contributed by atoms with Crippen LogP contribution in [0.2, 0.25) is 0 Å². The molecule has 3 rings (SSSR count). The number of nitrogens with zero attached hydrogens (tertiary/aromatic N) is 3. The van der Waals surface area contributed by atoms with Gasteiger partial charge in [0.15, 0.2) is 6.10 Å². The van der Waals surface area contributed by atoms with Crippen LogP contribution in [0.4, 0.5) is 5.82 Å². The standard InChI is InChI=1S/C23H22N4O3S/c1-15(2)27-21(12-13-25-27)26-22(28)16(3)30-23(29)18-9-5-7-11-20(18)31-19-10-6-4-8-17(19)14-24/h4-13,15-16H,1-3H3,(H,26,28). The van der Waals surface area contributed by atoms with Crippen LogP contribution in [0.15, 0.2) is 70.6 Å². The SMILES string of the molecule is CC(OC(=O)c1ccccc1Sc1ccccc1C#N)C(=O)Nc1ccnn1C(C)C. The molecule has 0 saturated carbocycles. The van der Waals surface area contributed by atoms with Crippen LogP contribution >= 0.6 is 11.8 Å². The van der Waals surface area contributed by atoms with E-state index in [-0.39, 0.29) is 6.04 Å². The van der Waals surface area contributed by atoms with E-state index in [1.165, 1.54) is 18.7 Å². The summed E-state index contributed by atoms with van der Waals surface area (Å²) in [5.41, 5.74) is 0.845. The maximum atomic E-state index is 12.8. The summed E-state index contributed by atoms with van der Waals surface area (Å²) in [6.45, 7) is 5.42. The van der Waals surface area contributed by atoms with E-state index in [0.29, 0.717) is 21.8 Å². The zero-order valence-corrected chi connectivity index (χ0v) is 18.2. The van der Waals surface area contributed by atoms with Gasteiger partial charge in [-0.25, -0.2) is 9.48 Å². The molecule has 31 heavy (non-hydrogen) atoms. The molecule has 1 heterocycles. The van der Waals surface area contributed by atoms with Crippen molar-refractivity contribution in [2.24, 2.45) is 0 Å². The molecular formula is C23H22N4O3S. The van der Waals surface area contributed by atoms with Gasteiger partial charge >= 0.3 is 5.97 Å². The average Bonchev–Trinajstić information content (AvgIpc) is 3.23. The molecule has 0 aliphatic carbocycles. The minimum Gasteiger partial charge on any atom is -0.449 e. The Hall–Kier alpha value is -3.57. The Morgan fingerprint density at radius 2 is 1.74 bits per heavy atom. The number of rotatable bonds is 7. The van der Waals surface area contributed by atoms with Gasteiger partial charge in [-0.15, -0.1) is 0 Å². The van der Waals surface area contributed by atoms with E-state index in [0.717, 1.165) is 4.90 Å². The van der Waals surface area contributed by atoms with Gasteiger partial charge in [0.2, 0.25) is 0 Å². The quantitative estimate of drug-likeness (QED) is 0.543. The van der Waals surface area contributed by atoms with Gasteiger partial charge in [0.25, 0.3) is 5.91 Å². The Balaban J connectivity index is 1.72. The number of aromatic nitrogens is 2. The number of anilines is 1. The molecule has 0 aliphatic rings. The topological polar surface area (TPSA) is 97.0 Å². The predicted molar refractivity (Wildman–Crippen MR) is 118 cm³/mol. The lowest BCUT2D eigenvalue weighted by Crippen LogP contribution is -2.31. The van der Waals surface area contributed by atoms with Crippen molar-refractivity contribution in [1.29, 1.82) is 5.26 Å². The fraction of sp³-hybridized carbons (Fsp3) is 0.217. The normalized spacial score (nSPS) is 11.6. The lowest BCUT2D eigenvalue weighted by atomic mass is 10.2. The molecular weight excluding hydrogens is 412 g/mol. The molecule has 0 fully saturated rings. The summed E-state index contributed by atoms with van der Waals surface area (Å²) in [4.78, 5) is 26.7. The van der Waals surface area contributed by atoms with Gasteiger partial charge in [-0.05, 0) is 45.0 Å². The van der Waals surface area contributed by atoms with Crippen LogP contribution in [0, 0.1) is 11.3 Å². The molecule has 2 aromatic carbocycles. The van der Waals surface area contributed by atoms with Crippen molar-refractivity contribution in [2.75, 3.05) is 5.32 Å². The third-order valence-corrected chi connectivity index (χ3v) is 5.55. The molecule has 3 aromatic rings. The van der Waals surface area contributed by atoms with Gasteiger partial charge in [-0.1, -0.05) is 36.0 Å². The number of nitrogens with one attached hydrogen (secondary N) is 1. The molecule has 1 aromatic heterocycles. The van der Waals surface area contributed by atoms with Crippen LogP contribution in [-0.2, 0) is 9.53 Å². The molecule has 158 valence electrons. The predicted octanol–water partition coefficient (Wildman–Crippen LogP) is 4.67. The Kier molecular flexibility index (Phi) is 7.11. The highest BCUT2D eigenvalue weighted by molar-refractivity contribution is 7.99. The van der Waals surface area contributed by atoms with Crippen LogP contribution in [0.3, 0.4) is 0 Å². The zero-order chi connectivity index (χ0) is 22.4. The van der Waals surface area contributed by atoms with Crippen LogP contribution in [-0.4, -0.2) is 27.8 Å². The number of esters is 1.